The summed E-state index contributed by atoms with van der Waals surface area (Å²) in [7, 11) is 0. The van der Waals surface area contributed by atoms with Crippen molar-refractivity contribution in [2.24, 2.45) is 0 Å². The van der Waals surface area contributed by atoms with Gasteiger partial charge in [0.1, 0.15) is 0 Å². The van der Waals surface area contributed by atoms with Crippen molar-refractivity contribution in [3.63, 3.8) is 0 Å². The predicted octanol–water partition coefficient (Wildman–Crippen LogP) is 3.68. The molecule has 1 heteroatoms. The molecule has 2 aromatic carbocycles. The maximum absolute atomic E-state index is 2.39. The van der Waals surface area contributed by atoms with Crippen LogP contribution in [0.25, 0.3) is 0 Å². The number of hydrogen-bond acceptors (Lipinski definition) is 0. The van der Waals surface area contributed by atoms with Crippen LogP contribution in [0, 0.1) is 0 Å². The van der Waals surface area contributed by atoms with Gasteiger partial charge in [0.05, 0.1) is 0 Å². The van der Waals surface area contributed by atoms with Crippen molar-refractivity contribution in [2.75, 3.05) is 0 Å². The summed E-state index contributed by atoms with van der Waals surface area (Å²) in [4.78, 5) is 0. The van der Waals surface area contributed by atoms with Gasteiger partial charge in [-0.25, -0.2) is 0 Å². The fourth-order valence-corrected chi connectivity index (χ4v) is 16.1. The topological polar surface area (TPSA) is 0 Å². The molecule has 2 rings (SSSR count). The van der Waals surface area contributed by atoms with Crippen LogP contribution >= 0.6 is 0 Å². The van der Waals surface area contributed by atoms with Gasteiger partial charge in [0.15, 0.2) is 0 Å². The van der Waals surface area contributed by atoms with Gasteiger partial charge >= 0.3 is 115 Å². The van der Waals surface area contributed by atoms with Gasteiger partial charge in [0.25, 0.3) is 0 Å². The summed E-state index contributed by atoms with van der Waals surface area (Å²) in [6.07, 6.45) is 1.30. The van der Waals surface area contributed by atoms with Crippen LogP contribution in [-0.4, -0.2) is 18.4 Å². The van der Waals surface area contributed by atoms with Gasteiger partial charge in [0, 0.05) is 0 Å². The minimum atomic E-state index is -2.39. The Kier molecular flexibility index (Phi) is 4.87. The Morgan fingerprint density at radius 1 is 0.722 bits per heavy atom. The Bertz CT molecular complexity index is 422. The van der Waals surface area contributed by atoms with Gasteiger partial charge in [-0.15, -0.1) is 0 Å². The molecule has 0 radical (unpaired) electrons. The zero-order valence-electron chi connectivity index (χ0n) is 11.4. The molecule has 18 heavy (non-hydrogen) atoms. The standard InChI is InChI=1S/2C6H5.C3H7.C2H5.Sn/c2*1-2-4-6-5-3-1;1-3-2;1-2;/h2*1-5H;1,3H2,2H3;1H2,2H3;. The van der Waals surface area contributed by atoms with E-state index in [9.17, 15) is 0 Å². The molecular weight excluding hydrogens is 323 g/mol. The second-order valence-electron chi connectivity index (χ2n) is 4.92. The van der Waals surface area contributed by atoms with E-state index in [0.717, 1.165) is 0 Å². The Balaban J connectivity index is 2.53. The first kappa shape index (κ1) is 13.7. The molecule has 0 unspecified atom stereocenters. The van der Waals surface area contributed by atoms with Crippen molar-refractivity contribution < 1.29 is 0 Å². The molecule has 2 aromatic rings. The number of rotatable bonds is 5. The van der Waals surface area contributed by atoms with Gasteiger partial charge < -0.3 is 0 Å². The van der Waals surface area contributed by atoms with E-state index in [1.54, 1.807) is 7.16 Å². The molecule has 0 heterocycles. The van der Waals surface area contributed by atoms with Gasteiger partial charge in [-0.2, -0.15) is 0 Å². The van der Waals surface area contributed by atoms with Gasteiger partial charge in [-0.1, -0.05) is 0 Å². The Morgan fingerprint density at radius 2 is 1.17 bits per heavy atom. The third-order valence-electron chi connectivity index (χ3n) is 3.93. The van der Waals surface area contributed by atoms with Crippen LogP contribution < -0.4 is 7.16 Å². The van der Waals surface area contributed by atoms with Crippen LogP contribution in [0.4, 0.5) is 0 Å². The molecule has 0 saturated carbocycles. The van der Waals surface area contributed by atoms with Crippen LogP contribution in [0.1, 0.15) is 20.3 Å². The first-order valence-corrected chi connectivity index (χ1v) is 13.8. The summed E-state index contributed by atoms with van der Waals surface area (Å²) in [5.74, 6) is 0. The van der Waals surface area contributed by atoms with Gasteiger partial charge in [0.2, 0.25) is 0 Å². The zero-order valence-corrected chi connectivity index (χ0v) is 14.2. The van der Waals surface area contributed by atoms with Crippen molar-refractivity contribution in [3.8, 4) is 0 Å². The van der Waals surface area contributed by atoms with E-state index in [0.29, 0.717) is 0 Å². The van der Waals surface area contributed by atoms with E-state index in [4.69, 9.17) is 0 Å². The summed E-state index contributed by atoms with van der Waals surface area (Å²) in [6, 6.07) is 22.5. The Labute approximate surface area is 115 Å². The second-order valence-corrected chi connectivity index (χ2v) is 17.8. The van der Waals surface area contributed by atoms with Crippen LogP contribution in [0.3, 0.4) is 0 Å². The summed E-state index contributed by atoms with van der Waals surface area (Å²) in [5.41, 5.74) is 0. The summed E-state index contributed by atoms with van der Waals surface area (Å²) in [5, 5.41) is 0. The Hall–Kier alpha value is -0.761. The fraction of sp³-hybridized carbons (Fsp3) is 0.294. The molecule has 0 bridgehead atoms. The normalized spacial score (nSPS) is 11.4. The quantitative estimate of drug-likeness (QED) is 0.726. The molecule has 0 amide bonds. The third kappa shape index (κ3) is 2.64. The average molecular weight is 345 g/mol. The second kappa shape index (κ2) is 6.42. The van der Waals surface area contributed by atoms with E-state index in [2.05, 4.69) is 74.5 Å². The van der Waals surface area contributed by atoms with Crippen molar-refractivity contribution >= 4 is 25.5 Å². The molecule has 0 saturated heterocycles. The fourth-order valence-electron chi connectivity index (χ4n) is 2.98. The number of benzene rings is 2. The van der Waals surface area contributed by atoms with Crippen LogP contribution in [-0.2, 0) is 0 Å². The van der Waals surface area contributed by atoms with Crippen LogP contribution in [0.15, 0.2) is 60.7 Å². The molecule has 0 nitrogen and oxygen atoms in total. The average Bonchev–Trinajstić information content (AvgIpc) is 2.47. The Morgan fingerprint density at radius 3 is 1.50 bits per heavy atom. The first-order chi connectivity index (χ1) is 8.83. The van der Waals surface area contributed by atoms with Crippen molar-refractivity contribution in [3.05, 3.63) is 60.7 Å². The zero-order chi connectivity index (χ0) is 12.8. The SMILES string of the molecule is CC[CH2][Sn]([CH2]C)([c]1ccccc1)[c]1ccccc1. The summed E-state index contributed by atoms with van der Waals surface area (Å²) < 4.78 is 6.08. The van der Waals surface area contributed by atoms with E-state index < -0.39 is 18.4 Å². The molecule has 0 fully saturated rings. The van der Waals surface area contributed by atoms with E-state index in [1.165, 1.54) is 15.3 Å². The maximum atomic E-state index is 2.39. The molecule has 0 aromatic heterocycles. The summed E-state index contributed by atoms with van der Waals surface area (Å²) in [6.45, 7) is 4.72. The molecule has 0 aliphatic heterocycles. The van der Waals surface area contributed by atoms with Gasteiger partial charge in [-0.05, 0) is 0 Å². The third-order valence-corrected chi connectivity index (χ3v) is 19.5. The van der Waals surface area contributed by atoms with Crippen molar-refractivity contribution in [2.45, 2.75) is 29.1 Å². The number of hydrogen-bond donors (Lipinski definition) is 0. The van der Waals surface area contributed by atoms with E-state index in [-0.39, 0.29) is 0 Å². The molecular formula is C17H22Sn. The van der Waals surface area contributed by atoms with Gasteiger partial charge in [-0.3, -0.25) is 0 Å². The molecule has 0 N–H and O–H groups in total. The first-order valence-electron chi connectivity index (χ1n) is 6.94. The van der Waals surface area contributed by atoms with E-state index in [1.807, 2.05) is 0 Å². The monoisotopic (exact) mass is 346 g/mol. The van der Waals surface area contributed by atoms with E-state index >= 15 is 0 Å². The van der Waals surface area contributed by atoms with Crippen LogP contribution in [0.2, 0.25) is 8.87 Å². The van der Waals surface area contributed by atoms with Crippen LogP contribution in [0.5, 0.6) is 0 Å². The molecule has 0 aliphatic carbocycles. The molecule has 0 atom stereocenters. The molecule has 0 spiro atoms. The summed E-state index contributed by atoms with van der Waals surface area (Å²) >= 11 is -2.39. The van der Waals surface area contributed by atoms with Crippen molar-refractivity contribution in [1.82, 2.24) is 0 Å². The minimum absolute atomic E-state index is 1.30. The predicted molar refractivity (Wildman–Crippen MR) is 83.5 cm³/mol. The van der Waals surface area contributed by atoms with Crippen molar-refractivity contribution in [1.29, 1.82) is 0 Å². The molecule has 94 valence electrons. The molecule has 0 aliphatic rings.